The molecule has 2 rings (SSSR count). The molecule has 0 N–H and O–H groups in total. The van der Waals surface area contributed by atoms with E-state index in [1.807, 2.05) is 38.1 Å². The van der Waals surface area contributed by atoms with Gasteiger partial charge < -0.3 is 9.47 Å². The quantitative estimate of drug-likeness (QED) is 0.470. The van der Waals surface area contributed by atoms with Gasteiger partial charge in [-0.2, -0.15) is 0 Å². The first-order valence-electron chi connectivity index (χ1n) is 6.81. The summed E-state index contributed by atoms with van der Waals surface area (Å²) in [6.07, 6.45) is 3.04. The van der Waals surface area contributed by atoms with E-state index < -0.39 is 5.97 Å². The zero-order chi connectivity index (χ0) is 16.1. The Labute approximate surface area is 135 Å². The Balaban J connectivity index is 2.12. The van der Waals surface area contributed by atoms with Gasteiger partial charge in [0.25, 0.3) is 0 Å². The van der Waals surface area contributed by atoms with Crippen molar-refractivity contribution in [3.8, 4) is 11.5 Å². The maximum absolute atomic E-state index is 11.9. The first-order chi connectivity index (χ1) is 10.5. The number of methoxy groups -OCH3 is 1. The Bertz CT molecular complexity index is 697. The standard InChI is InChI=1S/C18H17ClO3/c1-12-10-15(11-13(2)18(12)19)22-17(20)9-8-14-6-4-5-7-16(14)21-3/h4-11H,1-3H3/b9-8+. The first-order valence-corrected chi connectivity index (χ1v) is 7.18. The average Bonchev–Trinajstić information content (AvgIpc) is 2.50. The summed E-state index contributed by atoms with van der Waals surface area (Å²) in [6.45, 7) is 3.74. The van der Waals surface area contributed by atoms with Crippen molar-refractivity contribution < 1.29 is 14.3 Å². The van der Waals surface area contributed by atoms with Gasteiger partial charge >= 0.3 is 5.97 Å². The molecule has 0 amide bonds. The van der Waals surface area contributed by atoms with E-state index in [0.717, 1.165) is 16.7 Å². The molecule has 0 bridgehead atoms. The molecule has 0 fully saturated rings. The smallest absolute Gasteiger partial charge is 0.336 e. The third kappa shape index (κ3) is 3.89. The van der Waals surface area contributed by atoms with E-state index in [0.29, 0.717) is 16.5 Å². The summed E-state index contributed by atoms with van der Waals surface area (Å²) in [5.41, 5.74) is 2.56. The van der Waals surface area contributed by atoms with Crippen molar-refractivity contribution in [1.29, 1.82) is 0 Å². The zero-order valence-corrected chi connectivity index (χ0v) is 13.5. The SMILES string of the molecule is COc1ccccc1/C=C/C(=O)Oc1cc(C)c(Cl)c(C)c1. The summed E-state index contributed by atoms with van der Waals surface area (Å²) in [6, 6.07) is 10.9. The average molecular weight is 317 g/mol. The molecule has 0 spiro atoms. The normalized spacial score (nSPS) is 10.7. The fraction of sp³-hybridized carbons (Fsp3) is 0.167. The molecule has 2 aromatic carbocycles. The van der Waals surface area contributed by atoms with Gasteiger partial charge in [-0.1, -0.05) is 29.8 Å². The molecule has 0 unspecified atom stereocenters. The Morgan fingerprint density at radius 3 is 2.41 bits per heavy atom. The molecule has 0 atom stereocenters. The maximum atomic E-state index is 11.9. The largest absolute Gasteiger partial charge is 0.496 e. The molecule has 0 radical (unpaired) electrons. The number of aryl methyl sites for hydroxylation is 2. The van der Waals surface area contributed by atoms with Crippen molar-refractivity contribution in [2.75, 3.05) is 7.11 Å². The number of carbonyl (C=O) groups excluding carboxylic acids is 1. The molecule has 0 aromatic heterocycles. The summed E-state index contributed by atoms with van der Waals surface area (Å²) in [7, 11) is 1.59. The van der Waals surface area contributed by atoms with Crippen LogP contribution in [0, 0.1) is 13.8 Å². The minimum atomic E-state index is -0.452. The van der Waals surface area contributed by atoms with E-state index in [1.165, 1.54) is 6.08 Å². The highest BCUT2D eigenvalue weighted by atomic mass is 35.5. The molecule has 0 aliphatic carbocycles. The van der Waals surface area contributed by atoms with Crippen LogP contribution >= 0.6 is 11.6 Å². The van der Waals surface area contributed by atoms with Crippen molar-refractivity contribution in [1.82, 2.24) is 0 Å². The first kappa shape index (κ1) is 16.1. The van der Waals surface area contributed by atoms with E-state index in [-0.39, 0.29) is 0 Å². The van der Waals surface area contributed by atoms with Crippen LogP contribution in [0.2, 0.25) is 5.02 Å². The van der Waals surface area contributed by atoms with Crippen LogP contribution in [-0.4, -0.2) is 13.1 Å². The molecule has 0 saturated carbocycles. The number of carbonyl (C=O) groups is 1. The second-order valence-electron chi connectivity index (χ2n) is 4.87. The van der Waals surface area contributed by atoms with Crippen LogP contribution < -0.4 is 9.47 Å². The molecule has 2 aromatic rings. The van der Waals surface area contributed by atoms with Crippen LogP contribution in [-0.2, 0) is 4.79 Å². The Morgan fingerprint density at radius 1 is 1.14 bits per heavy atom. The van der Waals surface area contributed by atoms with Gasteiger partial charge in [0.15, 0.2) is 0 Å². The van der Waals surface area contributed by atoms with Crippen molar-refractivity contribution in [3.63, 3.8) is 0 Å². The highest BCUT2D eigenvalue weighted by Crippen LogP contribution is 2.26. The maximum Gasteiger partial charge on any atom is 0.336 e. The molecule has 0 heterocycles. The van der Waals surface area contributed by atoms with E-state index in [4.69, 9.17) is 21.1 Å². The van der Waals surface area contributed by atoms with Gasteiger partial charge in [-0.25, -0.2) is 4.79 Å². The molecular weight excluding hydrogens is 300 g/mol. The van der Waals surface area contributed by atoms with Crippen LogP contribution in [0.4, 0.5) is 0 Å². The van der Waals surface area contributed by atoms with Gasteiger partial charge in [0.2, 0.25) is 0 Å². The van der Waals surface area contributed by atoms with Gasteiger partial charge in [-0.3, -0.25) is 0 Å². The summed E-state index contributed by atoms with van der Waals surface area (Å²) in [4.78, 5) is 11.9. The topological polar surface area (TPSA) is 35.5 Å². The molecule has 114 valence electrons. The van der Waals surface area contributed by atoms with E-state index >= 15 is 0 Å². The Hall–Kier alpha value is -2.26. The second-order valence-corrected chi connectivity index (χ2v) is 5.25. The molecule has 4 heteroatoms. The van der Waals surface area contributed by atoms with Crippen molar-refractivity contribution in [2.24, 2.45) is 0 Å². The van der Waals surface area contributed by atoms with Gasteiger partial charge in [-0.15, -0.1) is 0 Å². The number of para-hydroxylation sites is 1. The minimum Gasteiger partial charge on any atom is -0.496 e. The highest BCUT2D eigenvalue weighted by Gasteiger charge is 2.06. The summed E-state index contributed by atoms with van der Waals surface area (Å²) in [5, 5.41) is 0.685. The van der Waals surface area contributed by atoms with Crippen LogP contribution in [0.1, 0.15) is 16.7 Å². The fourth-order valence-corrected chi connectivity index (χ4v) is 2.19. The van der Waals surface area contributed by atoms with Gasteiger partial charge in [0.05, 0.1) is 7.11 Å². The predicted molar refractivity (Wildman–Crippen MR) is 88.6 cm³/mol. The van der Waals surface area contributed by atoms with Crippen molar-refractivity contribution in [3.05, 3.63) is 64.2 Å². The number of ether oxygens (including phenoxy) is 2. The predicted octanol–water partition coefficient (Wildman–Crippen LogP) is 4.58. The summed E-state index contributed by atoms with van der Waals surface area (Å²) < 4.78 is 10.5. The molecular formula is C18H17ClO3. The number of benzene rings is 2. The monoisotopic (exact) mass is 316 g/mol. The molecule has 22 heavy (non-hydrogen) atoms. The second kappa shape index (κ2) is 7.14. The van der Waals surface area contributed by atoms with E-state index in [9.17, 15) is 4.79 Å². The number of hydrogen-bond acceptors (Lipinski definition) is 3. The van der Waals surface area contributed by atoms with Crippen LogP contribution in [0.3, 0.4) is 0 Å². The molecule has 0 saturated heterocycles. The van der Waals surface area contributed by atoms with Gasteiger partial charge in [0.1, 0.15) is 11.5 Å². The van der Waals surface area contributed by atoms with Crippen molar-refractivity contribution >= 4 is 23.6 Å². The lowest BCUT2D eigenvalue weighted by molar-refractivity contribution is -0.128. The van der Waals surface area contributed by atoms with Crippen LogP contribution in [0.25, 0.3) is 6.08 Å². The van der Waals surface area contributed by atoms with Crippen LogP contribution in [0.15, 0.2) is 42.5 Å². The number of halogens is 1. The number of esters is 1. The zero-order valence-electron chi connectivity index (χ0n) is 12.7. The van der Waals surface area contributed by atoms with Gasteiger partial charge in [0, 0.05) is 16.7 Å². The van der Waals surface area contributed by atoms with E-state index in [1.54, 1.807) is 25.3 Å². The van der Waals surface area contributed by atoms with Gasteiger partial charge in [-0.05, 0) is 49.2 Å². The lowest BCUT2D eigenvalue weighted by Gasteiger charge is -2.07. The lowest BCUT2D eigenvalue weighted by atomic mass is 10.1. The Kier molecular flexibility index (Phi) is 5.23. The summed E-state index contributed by atoms with van der Waals surface area (Å²) in [5.74, 6) is 0.728. The summed E-state index contributed by atoms with van der Waals surface area (Å²) >= 11 is 6.09. The lowest BCUT2D eigenvalue weighted by Crippen LogP contribution is -2.04. The van der Waals surface area contributed by atoms with Crippen LogP contribution in [0.5, 0.6) is 11.5 Å². The molecule has 0 aliphatic heterocycles. The minimum absolute atomic E-state index is 0.452. The fourth-order valence-electron chi connectivity index (χ4n) is 2.08. The third-order valence-corrected chi connectivity index (χ3v) is 3.76. The Morgan fingerprint density at radius 2 is 1.77 bits per heavy atom. The number of rotatable bonds is 4. The third-order valence-electron chi connectivity index (χ3n) is 3.17. The molecule has 0 aliphatic rings. The van der Waals surface area contributed by atoms with E-state index in [2.05, 4.69) is 0 Å². The number of hydrogen-bond donors (Lipinski definition) is 0. The molecule has 3 nitrogen and oxygen atoms in total. The van der Waals surface area contributed by atoms with Crippen molar-refractivity contribution in [2.45, 2.75) is 13.8 Å². The highest BCUT2D eigenvalue weighted by molar-refractivity contribution is 6.32.